The van der Waals surface area contributed by atoms with Crippen molar-refractivity contribution in [2.75, 3.05) is 7.05 Å². The Labute approximate surface area is 211 Å². The zero-order valence-electron chi connectivity index (χ0n) is 20.7. The summed E-state index contributed by atoms with van der Waals surface area (Å²) in [6.45, 7) is 1.89. The van der Waals surface area contributed by atoms with Gasteiger partial charge in [-0.1, -0.05) is 55.8 Å². The van der Waals surface area contributed by atoms with Gasteiger partial charge < -0.3 is 38.0 Å². The first-order chi connectivity index (χ1) is 17.1. The second-order valence-corrected chi connectivity index (χ2v) is 7.62. The molecule has 11 N–H and O–H groups in total. The Morgan fingerprint density at radius 1 is 0.917 bits per heavy atom. The molecule has 0 aromatic heterocycles. The van der Waals surface area contributed by atoms with E-state index in [9.17, 15) is 24.6 Å². The number of nitrogens with two attached hydrogens (primary N) is 3. The van der Waals surface area contributed by atoms with Crippen LogP contribution in [0.1, 0.15) is 37.3 Å². The monoisotopic (exact) mass is 502 g/mol. The van der Waals surface area contributed by atoms with E-state index in [1.54, 1.807) is 36.4 Å². The topological polar surface area (TPSA) is 218 Å². The molecule has 2 aromatic carbocycles. The third kappa shape index (κ3) is 14.2. The summed E-state index contributed by atoms with van der Waals surface area (Å²) in [4.78, 5) is 36.6. The molecule has 0 aliphatic heterocycles. The third-order valence-corrected chi connectivity index (χ3v) is 4.70. The lowest BCUT2D eigenvalue weighted by molar-refractivity contribution is -0.142. The first-order valence-corrected chi connectivity index (χ1v) is 11.4. The molecule has 11 nitrogen and oxygen atoms in total. The van der Waals surface area contributed by atoms with Crippen LogP contribution in [0.4, 0.5) is 0 Å². The first kappa shape index (κ1) is 31.9. The van der Waals surface area contributed by atoms with Crippen LogP contribution in [0.3, 0.4) is 0 Å². The summed E-state index contributed by atoms with van der Waals surface area (Å²) in [5, 5.41) is 30.1. The van der Waals surface area contributed by atoms with Crippen molar-refractivity contribution in [2.45, 2.75) is 51.1 Å². The fraction of sp³-hybridized carbons (Fsp3) is 0.360. The summed E-state index contributed by atoms with van der Waals surface area (Å²) in [6.07, 6.45) is 1.89. The Balaban J connectivity index is 0.00000185. The summed E-state index contributed by atoms with van der Waals surface area (Å²) in [7, 11) is 1.50. The second-order valence-electron chi connectivity index (χ2n) is 7.62. The number of rotatable bonds is 11. The summed E-state index contributed by atoms with van der Waals surface area (Å²) >= 11 is 0. The molecule has 0 fully saturated rings. The van der Waals surface area contributed by atoms with Crippen LogP contribution in [0, 0.1) is 5.41 Å². The minimum absolute atomic E-state index is 0.159. The number of carbonyl (C=O) groups excluding carboxylic acids is 2. The molecule has 0 bridgehead atoms. The van der Waals surface area contributed by atoms with Crippen molar-refractivity contribution in [2.24, 2.45) is 17.2 Å². The number of phenols is 1. The van der Waals surface area contributed by atoms with Crippen molar-refractivity contribution >= 4 is 23.7 Å². The summed E-state index contributed by atoms with van der Waals surface area (Å²) < 4.78 is 0. The number of phenolic OH excluding ortho intramolecular Hbond substituents is 1. The molecule has 2 amide bonds. The molecule has 2 unspecified atom stereocenters. The number of hydrogen-bond donors (Lipinski definition) is 8. The summed E-state index contributed by atoms with van der Waals surface area (Å²) in [5.41, 5.74) is 15.1. The molecule has 2 atom stereocenters. The highest BCUT2D eigenvalue weighted by atomic mass is 16.4. The number of guanidine groups is 1. The van der Waals surface area contributed by atoms with Crippen molar-refractivity contribution in [3.63, 3.8) is 0 Å². The fourth-order valence-electron chi connectivity index (χ4n) is 3.07. The lowest BCUT2D eigenvalue weighted by Crippen LogP contribution is -2.52. The number of carboxylic acids is 1. The van der Waals surface area contributed by atoms with Gasteiger partial charge in [0.15, 0.2) is 5.96 Å². The van der Waals surface area contributed by atoms with Gasteiger partial charge >= 0.3 is 5.97 Å². The fourth-order valence-corrected chi connectivity index (χ4v) is 3.07. The van der Waals surface area contributed by atoms with Gasteiger partial charge in [0.2, 0.25) is 11.8 Å². The number of aliphatic carboxylic acids is 1. The number of aromatic hydroxyl groups is 1. The molecular weight excluding hydrogens is 464 g/mol. The van der Waals surface area contributed by atoms with E-state index in [1.807, 2.05) is 25.1 Å². The molecule has 2 rings (SSSR count). The SMILES string of the molecule is CCCC(NC(=O)CCc1ccc(O)cc1)C(=O)NC(Cc1ccccc1)C(=O)O.CN.N=C(N)N. The molecule has 11 heteroatoms. The Kier molecular flexibility index (Phi) is 16.2. The predicted molar refractivity (Wildman–Crippen MR) is 139 cm³/mol. The average molecular weight is 503 g/mol. The van der Waals surface area contributed by atoms with Crippen molar-refractivity contribution < 1.29 is 24.6 Å². The Morgan fingerprint density at radius 3 is 1.97 bits per heavy atom. The maximum Gasteiger partial charge on any atom is 0.326 e. The van der Waals surface area contributed by atoms with Crippen LogP contribution in [0.25, 0.3) is 0 Å². The van der Waals surface area contributed by atoms with Gasteiger partial charge in [-0.05, 0) is 43.1 Å². The largest absolute Gasteiger partial charge is 0.508 e. The van der Waals surface area contributed by atoms with Crippen LogP contribution in [0.2, 0.25) is 0 Å². The number of amides is 2. The summed E-state index contributed by atoms with van der Waals surface area (Å²) in [5.74, 6) is -2.09. The molecule has 0 heterocycles. The maximum absolute atomic E-state index is 12.7. The third-order valence-electron chi connectivity index (χ3n) is 4.70. The Morgan fingerprint density at radius 2 is 1.47 bits per heavy atom. The van der Waals surface area contributed by atoms with Crippen LogP contribution in [-0.2, 0) is 27.2 Å². The molecule has 0 aliphatic rings. The molecule has 36 heavy (non-hydrogen) atoms. The molecule has 198 valence electrons. The van der Waals surface area contributed by atoms with E-state index in [2.05, 4.69) is 27.8 Å². The minimum Gasteiger partial charge on any atom is -0.508 e. The molecule has 2 aromatic rings. The number of hydrogen-bond acceptors (Lipinski definition) is 6. The van der Waals surface area contributed by atoms with E-state index in [1.165, 1.54) is 7.05 Å². The van der Waals surface area contributed by atoms with Gasteiger partial charge in [0, 0.05) is 12.8 Å². The van der Waals surface area contributed by atoms with Gasteiger partial charge in [-0.25, -0.2) is 4.79 Å². The van der Waals surface area contributed by atoms with Crippen molar-refractivity contribution in [3.8, 4) is 5.75 Å². The zero-order chi connectivity index (χ0) is 27.5. The van der Waals surface area contributed by atoms with Crippen molar-refractivity contribution in [1.29, 1.82) is 5.41 Å². The number of aryl methyl sites for hydroxylation is 1. The average Bonchev–Trinajstić information content (AvgIpc) is 2.84. The van der Waals surface area contributed by atoms with Gasteiger partial charge in [0.25, 0.3) is 0 Å². The number of carboxylic acid groups (broad SMARTS) is 1. The van der Waals surface area contributed by atoms with Crippen molar-refractivity contribution in [3.05, 3.63) is 65.7 Å². The van der Waals surface area contributed by atoms with Gasteiger partial charge in [0.1, 0.15) is 17.8 Å². The van der Waals surface area contributed by atoms with Gasteiger partial charge in [-0.15, -0.1) is 0 Å². The van der Waals surface area contributed by atoms with E-state index in [4.69, 9.17) is 5.41 Å². The standard InChI is InChI=1S/C23H28N2O5.CH5N3.CH5N/c1-2-6-19(24-21(27)14-11-16-9-12-18(26)13-10-16)22(28)25-20(23(29)30)15-17-7-4-3-5-8-17;2-1(3)4;1-2/h3-5,7-10,12-13,19-20,26H,2,6,11,14-15H2,1H3,(H,24,27)(H,25,28)(H,29,30);(H5,2,3,4);2H2,1H3. The highest BCUT2D eigenvalue weighted by Crippen LogP contribution is 2.11. The van der Waals surface area contributed by atoms with E-state index in [-0.39, 0.29) is 30.5 Å². The van der Waals surface area contributed by atoms with E-state index in [0.717, 1.165) is 11.1 Å². The first-order valence-electron chi connectivity index (χ1n) is 11.4. The number of nitrogens with one attached hydrogen (secondary N) is 3. The number of benzene rings is 2. The maximum atomic E-state index is 12.7. The normalized spacial score (nSPS) is 11.3. The van der Waals surface area contributed by atoms with Crippen LogP contribution in [0.5, 0.6) is 5.75 Å². The molecule has 0 radical (unpaired) electrons. The van der Waals surface area contributed by atoms with Crippen LogP contribution < -0.4 is 27.8 Å². The highest BCUT2D eigenvalue weighted by molar-refractivity contribution is 5.90. The smallest absolute Gasteiger partial charge is 0.326 e. The lowest BCUT2D eigenvalue weighted by atomic mass is 10.0. The van der Waals surface area contributed by atoms with Crippen molar-refractivity contribution in [1.82, 2.24) is 10.6 Å². The van der Waals surface area contributed by atoms with Crippen LogP contribution >= 0.6 is 0 Å². The molecule has 0 spiro atoms. The highest BCUT2D eigenvalue weighted by Gasteiger charge is 2.26. The van der Waals surface area contributed by atoms with E-state index >= 15 is 0 Å². The molecule has 0 aliphatic carbocycles. The molecular formula is C25H38N6O5. The molecule has 0 saturated carbocycles. The number of carbonyl (C=O) groups is 3. The zero-order valence-corrected chi connectivity index (χ0v) is 20.7. The second kappa shape index (κ2) is 18.2. The Hall–Kier alpha value is -4.12. The van der Waals surface area contributed by atoms with E-state index in [0.29, 0.717) is 19.3 Å². The Bertz CT molecular complexity index is 934. The van der Waals surface area contributed by atoms with Gasteiger partial charge in [0.05, 0.1) is 0 Å². The quantitative estimate of drug-likeness (QED) is 0.162. The molecule has 0 saturated heterocycles. The van der Waals surface area contributed by atoms with Crippen LogP contribution in [0.15, 0.2) is 54.6 Å². The van der Waals surface area contributed by atoms with Gasteiger partial charge in [-0.2, -0.15) is 0 Å². The predicted octanol–water partition coefficient (Wildman–Crippen LogP) is 0.835. The van der Waals surface area contributed by atoms with E-state index < -0.39 is 24.0 Å². The minimum atomic E-state index is -1.12. The van der Waals surface area contributed by atoms with Gasteiger partial charge in [-0.3, -0.25) is 15.0 Å². The van der Waals surface area contributed by atoms with Crippen LogP contribution in [-0.4, -0.2) is 53.1 Å². The lowest BCUT2D eigenvalue weighted by Gasteiger charge is -2.21. The summed E-state index contributed by atoms with van der Waals surface area (Å²) in [6, 6.07) is 13.8.